The molecule has 1 fully saturated rings. The molecule has 1 aromatic heterocycles. The number of aromatic nitrogens is 2. The molecule has 0 radical (unpaired) electrons. The Morgan fingerprint density at radius 2 is 2.20 bits per heavy atom. The zero-order valence-corrected chi connectivity index (χ0v) is 11.8. The molecular weight excluding hydrogens is 260 g/mol. The van der Waals surface area contributed by atoms with E-state index in [4.69, 9.17) is 9.47 Å². The lowest BCUT2D eigenvalue weighted by atomic mass is 10.3. The van der Waals surface area contributed by atoms with E-state index in [1.54, 1.807) is 17.0 Å². The number of hydrogen-bond acceptors (Lipinski definition) is 5. The number of rotatable bonds is 5. The predicted octanol–water partition coefficient (Wildman–Crippen LogP) is 1.06. The molecule has 110 valence electrons. The maximum atomic E-state index is 11.8. The highest BCUT2D eigenvalue weighted by Crippen LogP contribution is 2.17. The van der Waals surface area contributed by atoms with E-state index in [1.807, 2.05) is 6.92 Å². The van der Waals surface area contributed by atoms with Gasteiger partial charge in [0.1, 0.15) is 6.10 Å². The minimum Gasteiger partial charge on any atom is -0.480 e. The number of amides is 2. The first-order chi connectivity index (χ1) is 9.72. The Labute approximate surface area is 118 Å². The number of hydrogen-bond donors (Lipinski definition) is 1. The minimum absolute atomic E-state index is 0.0289. The van der Waals surface area contributed by atoms with E-state index in [9.17, 15) is 4.79 Å². The van der Waals surface area contributed by atoms with Crippen molar-refractivity contribution in [3.63, 3.8) is 0 Å². The highest BCUT2D eigenvalue weighted by molar-refractivity contribution is 5.74. The van der Waals surface area contributed by atoms with Crippen LogP contribution in [0, 0.1) is 0 Å². The molecule has 1 aliphatic heterocycles. The van der Waals surface area contributed by atoms with E-state index < -0.39 is 0 Å². The van der Waals surface area contributed by atoms with E-state index in [0.29, 0.717) is 31.4 Å². The molecule has 1 N–H and O–H groups in total. The second kappa shape index (κ2) is 6.93. The average Bonchev–Trinajstić information content (AvgIpc) is 2.94. The van der Waals surface area contributed by atoms with Gasteiger partial charge in [0.05, 0.1) is 13.7 Å². The molecule has 2 amide bonds. The molecule has 0 aromatic carbocycles. The summed E-state index contributed by atoms with van der Waals surface area (Å²) in [4.78, 5) is 13.6. The summed E-state index contributed by atoms with van der Waals surface area (Å²) in [5.74, 6) is 0.899. The molecular formula is C13H20N4O3. The summed E-state index contributed by atoms with van der Waals surface area (Å²) in [7, 11) is 1.54. The van der Waals surface area contributed by atoms with E-state index in [1.165, 1.54) is 7.11 Å². The first-order valence-electron chi connectivity index (χ1n) is 6.80. The number of ether oxygens (including phenoxy) is 2. The van der Waals surface area contributed by atoms with Gasteiger partial charge in [0.15, 0.2) is 0 Å². The maximum Gasteiger partial charge on any atom is 0.317 e. The molecule has 1 aromatic rings. The summed E-state index contributed by atoms with van der Waals surface area (Å²) in [6, 6.07) is 3.38. The second-order valence-electron chi connectivity index (χ2n) is 4.62. The third-order valence-corrected chi connectivity index (χ3v) is 3.07. The molecule has 1 unspecified atom stereocenters. The fourth-order valence-corrected chi connectivity index (χ4v) is 2.00. The summed E-state index contributed by atoms with van der Waals surface area (Å²) < 4.78 is 10.6. The molecule has 0 bridgehead atoms. The van der Waals surface area contributed by atoms with Gasteiger partial charge < -0.3 is 19.7 Å². The summed E-state index contributed by atoms with van der Waals surface area (Å²) in [5, 5.41) is 10.6. The highest BCUT2D eigenvalue weighted by atomic mass is 16.5. The lowest BCUT2D eigenvalue weighted by molar-refractivity contribution is 0.181. The van der Waals surface area contributed by atoms with E-state index >= 15 is 0 Å². The van der Waals surface area contributed by atoms with Gasteiger partial charge in [0.25, 0.3) is 0 Å². The monoisotopic (exact) mass is 280 g/mol. The van der Waals surface area contributed by atoms with Gasteiger partial charge in [0.2, 0.25) is 11.8 Å². The number of nitrogens with one attached hydrogen (secondary N) is 1. The van der Waals surface area contributed by atoms with Crippen molar-refractivity contribution in [1.82, 2.24) is 20.4 Å². The van der Waals surface area contributed by atoms with Crippen LogP contribution in [0.5, 0.6) is 11.8 Å². The first-order valence-corrected chi connectivity index (χ1v) is 6.80. The van der Waals surface area contributed by atoms with Crippen LogP contribution in [-0.2, 0) is 0 Å². The zero-order valence-electron chi connectivity index (χ0n) is 11.8. The van der Waals surface area contributed by atoms with Crippen molar-refractivity contribution in [3.05, 3.63) is 12.1 Å². The molecule has 7 nitrogen and oxygen atoms in total. The van der Waals surface area contributed by atoms with Crippen LogP contribution in [0.25, 0.3) is 0 Å². The van der Waals surface area contributed by atoms with Gasteiger partial charge in [0, 0.05) is 31.6 Å². The van der Waals surface area contributed by atoms with Crippen molar-refractivity contribution in [2.24, 2.45) is 0 Å². The van der Waals surface area contributed by atoms with Crippen LogP contribution < -0.4 is 14.8 Å². The average molecular weight is 280 g/mol. The largest absolute Gasteiger partial charge is 0.480 e. The van der Waals surface area contributed by atoms with Gasteiger partial charge in [-0.2, -0.15) is 0 Å². The second-order valence-corrected chi connectivity index (χ2v) is 4.62. The fourth-order valence-electron chi connectivity index (χ4n) is 2.00. The van der Waals surface area contributed by atoms with Gasteiger partial charge in [-0.15, -0.1) is 10.2 Å². The minimum atomic E-state index is -0.0370. The van der Waals surface area contributed by atoms with E-state index in [-0.39, 0.29) is 12.1 Å². The number of carbonyl (C=O) groups excluding carboxylic acids is 1. The number of carbonyl (C=O) groups is 1. The third kappa shape index (κ3) is 3.72. The Morgan fingerprint density at radius 3 is 2.85 bits per heavy atom. The smallest absolute Gasteiger partial charge is 0.317 e. The number of nitrogens with zero attached hydrogens (tertiary/aromatic N) is 3. The Morgan fingerprint density at radius 1 is 1.45 bits per heavy atom. The van der Waals surface area contributed by atoms with Crippen molar-refractivity contribution in [2.45, 2.75) is 25.9 Å². The van der Waals surface area contributed by atoms with Gasteiger partial charge in [-0.25, -0.2) is 4.79 Å². The number of likely N-dealkylation sites (tertiary alicyclic amines) is 1. The van der Waals surface area contributed by atoms with E-state index in [0.717, 1.165) is 12.8 Å². The SMILES string of the molecule is CCCNC(=O)N1CCC(Oc2ccc(OC)nn2)C1. The van der Waals surface area contributed by atoms with Crippen LogP contribution >= 0.6 is 0 Å². The number of methoxy groups -OCH3 is 1. The first kappa shape index (κ1) is 14.4. The quantitative estimate of drug-likeness (QED) is 0.872. The molecule has 20 heavy (non-hydrogen) atoms. The van der Waals surface area contributed by atoms with Crippen molar-refractivity contribution in [2.75, 3.05) is 26.7 Å². The Bertz CT molecular complexity index is 438. The van der Waals surface area contributed by atoms with Crippen molar-refractivity contribution < 1.29 is 14.3 Å². The standard InChI is InChI=1S/C13H20N4O3/c1-3-7-14-13(18)17-8-6-10(9-17)20-12-5-4-11(19-2)15-16-12/h4-5,10H,3,6-9H2,1-2H3,(H,14,18). The van der Waals surface area contributed by atoms with E-state index in [2.05, 4.69) is 15.5 Å². The Kier molecular flexibility index (Phi) is 4.97. The van der Waals surface area contributed by atoms with Gasteiger partial charge >= 0.3 is 6.03 Å². The van der Waals surface area contributed by atoms with Gasteiger partial charge in [-0.1, -0.05) is 6.92 Å². The zero-order chi connectivity index (χ0) is 14.4. The molecule has 0 aliphatic carbocycles. The van der Waals surface area contributed by atoms with Gasteiger partial charge in [-0.3, -0.25) is 0 Å². The molecule has 1 saturated heterocycles. The Hall–Kier alpha value is -2.05. The maximum absolute atomic E-state index is 11.8. The van der Waals surface area contributed by atoms with Gasteiger partial charge in [-0.05, 0) is 6.42 Å². The lowest BCUT2D eigenvalue weighted by Crippen LogP contribution is -2.39. The number of urea groups is 1. The highest BCUT2D eigenvalue weighted by Gasteiger charge is 2.27. The van der Waals surface area contributed by atoms with Crippen molar-refractivity contribution in [1.29, 1.82) is 0 Å². The summed E-state index contributed by atoms with van der Waals surface area (Å²) >= 11 is 0. The van der Waals surface area contributed by atoms with Crippen molar-refractivity contribution >= 4 is 6.03 Å². The molecule has 1 aliphatic rings. The summed E-state index contributed by atoms with van der Waals surface area (Å²) in [6.07, 6.45) is 1.69. The fraction of sp³-hybridized carbons (Fsp3) is 0.615. The predicted molar refractivity (Wildman–Crippen MR) is 72.9 cm³/mol. The molecule has 2 rings (SSSR count). The Balaban J connectivity index is 1.81. The third-order valence-electron chi connectivity index (χ3n) is 3.07. The van der Waals surface area contributed by atoms with Crippen LogP contribution in [-0.4, -0.2) is 54.0 Å². The normalized spacial score (nSPS) is 17.9. The lowest BCUT2D eigenvalue weighted by Gasteiger charge is -2.17. The van der Waals surface area contributed by atoms with Crippen LogP contribution in [0.1, 0.15) is 19.8 Å². The van der Waals surface area contributed by atoms with Crippen LogP contribution in [0.15, 0.2) is 12.1 Å². The van der Waals surface area contributed by atoms with Crippen molar-refractivity contribution in [3.8, 4) is 11.8 Å². The summed E-state index contributed by atoms with van der Waals surface area (Å²) in [5.41, 5.74) is 0. The summed E-state index contributed by atoms with van der Waals surface area (Å²) in [6.45, 7) is 4.00. The van der Waals surface area contributed by atoms with Crippen LogP contribution in [0.4, 0.5) is 4.79 Å². The molecule has 7 heteroatoms. The van der Waals surface area contributed by atoms with Crippen LogP contribution in [0.3, 0.4) is 0 Å². The molecule has 1 atom stereocenters. The van der Waals surface area contributed by atoms with Crippen LogP contribution in [0.2, 0.25) is 0 Å². The molecule has 0 saturated carbocycles. The molecule has 2 heterocycles. The topological polar surface area (TPSA) is 76.6 Å². The molecule has 0 spiro atoms.